The van der Waals surface area contributed by atoms with Gasteiger partial charge in [0.15, 0.2) is 0 Å². The number of hydrazone groups is 1. The fraction of sp³-hybridized carbons (Fsp3) is 0.0625. The van der Waals surface area contributed by atoms with Gasteiger partial charge < -0.3 is 0 Å². The van der Waals surface area contributed by atoms with E-state index in [1.165, 1.54) is 0 Å². The molecule has 0 heterocycles. The Bertz CT molecular complexity index is 730. The van der Waals surface area contributed by atoms with E-state index in [0.717, 1.165) is 5.56 Å². The van der Waals surface area contributed by atoms with Crippen LogP contribution in [0.3, 0.4) is 0 Å². The maximum atomic E-state index is 12.0. The standard InChI is InChI=1S/C16H12BrN3O/c1-11(13-8-6-12(10-18)7-9-13)19-20-16(21)14-4-2-3-5-15(14)17/h2-9H,1H3,(H,20,21). The van der Waals surface area contributed by atoms with E-state index in [1.807, 2.05) is 6.07 Å². The molecule has 21 heavy (non-hydrogen) atoms. The molecule has 0 saturated heterocycles. The summed E-state index contributed by atoms with van der Waals surface area (Å²) < 4.78 is 0.716. The molecule has 0 bridgehead atoms. The zero-order valence-electron chi connectivity index (χ0n) is 11.3. The molecule has 0 saturated carbocycles. The lowest BCUT2D eigenvalue weighted by Crippen LogP contribution is -2.19. The molecular formula is C16H12BrN3O. The summed E-state index contributed by atoms with van der Waals surface area (Å²) in [4.78, 5) is 12.0. The first-order valence-corrected chi connectivity index (χ1v) is 7.01. The van der Waals surface area contributed by atoms with E-state index in [4.69, 9.17) is 5.26 Å². The lowest BCUT2D eigenvalue weighted by atomic mass is 10.1. The zero-order valence-corrected chi connectivity index (χ0v) is 12.9. The molecule has 1 amide bonds. The van der Waals surface area contributed by atoms with E-state index >= 15 is 0 Å². The highest BCUT2D eigenvalue weighted by Gasteiger charge is 2.08. The lowest BCUT2D eigenvalue weighted by molar-refractivity contribution is 0.0954. The molecular weight excluding hydrogens is 330 g/mol. The predicted octanol–water partition coefficient (Wildman–Crippen LogP) is 3.47. The summed E-state index contributed by atoms with van der Waals surface area (Å²) in [5.74, 6) is -0.282. The number of carbonyl (C=O) groups excluding carboxylic acids is 1. The molecule has 0 aliphatic heterocycles. The van der Waals surface area contributed by atoms with E-state index in [9.17, 15) is 4.79 Å². The van der Waals surface area contributed by atoms with Crippen molar-refractivity contribution in [1.29, 1.82) is 5.26 Å². The third-order valence-corrected chi connectivity index (χ3v) is 3.57. The second-order valence-corrected chi connectivity index (χ2v) is 5.16. The smallest absolute Gasteiger partial charge is 0.267 e. The summed E-state index contributed by atoms with van der Waals surface area (Å²) >= 11 is 3.32. The first-order valence-electron chi connectivity index (χ1n) is 6.21. The van der Waals surface area contributed by atoms with Crippen molar-refractivity contribution in [3.8, 4) is 6.07 Å². The van der Waals surface area contributed by atoms with Gasteiger partial charge in [-0.25, -0.2) is 5.43 Å². The van der Waals surface area contributed by atoms with Gasteiger partial charge in [0.25, 0.3) is 5.91 Å². The summed E-state index contributed by atoms with van der Waals surface area (Å²) in [6.45, 7) is 1.79. The minimum atomic E-state index is -0.282. The van der Waals surface area contributed by atoms with Crippen molar-refractivity contribution in [3.05, 3.63) is 69.7 Å². The van der Waals surface area contributed by atoms with E-state index in [0.29, 0.717) is 21.3 Å². The molecule has 0 fully saturated rings. The Balaban J connectivity index is 2.11. The summed E-state index contributed by atoms with van der Waals surface area (Å²) in [5.41, 5.74) is 5.14. The second kappa shape index (κ2) is 6.82. The third kappa shape index (κ3) is 3.77. The summed E-state index contributed by atoms with van der Waals surface area (Å²) in [6, 6.07) is 16.2. The molecule has 1 N–H and O–H groups in total. The molecule has 4 nitrogen and oxygen atoms in total. The zero-order chi connectivity index (χ0) is 15.2. The Morgan fingerprint density at radius 1 is 1.19 bits per heavy atom. The van der Waals surface area contributed by atoms with Gasteiger partial charge in [0.05, 0.1) is 22.9 Å². The van der Waals surface area contributed by atoms with Crippen LogP contribution in [0.4, 0.5) is 0 Å². The number of hydrogen-bond acceptors (Lipinski definition) is 3. The van der Waals surface area contributed by atoms with E-state index < -0.39 is 0 Å². The Hall–Kier alpha value is -2.45. The first kappa shape index (κ1) is 14.9. The summed E-state index contributed by atoms with van der Waals surface area (Å²) in [6.07, 6.45) is 0. The third-order valence-electron chi connectivity index (χ3n) is 2.88. The van der Waals surface area contributed by atoms with Gasteiger partial charge in [-0.2, -0.15) is 10.4 Å². The summed E-state index contributed by atoms with van der Waals surface area (Å²) in [7, 11) is 0. The van der Waals surface area contributed by atoms with Crippen molar-refractivity contribution in [2.24, 2.45) is 5.10 Å². The Morgan fingerprint density at radius 2 is 1.86 bits per heavy atom. The number of halogens is 1. The lowest BCUT2D eigenvalue weighted by Gasteiger charge is -2.04. The van der Waals surface area contributed by atoms with Gasteiger partial charge in [-0.3, -0.25) is 4.79 Å². The van der Waals surface area contributed by atoms with E-state index in [2.05, 4.69) is 32.5 Å². The Kier molecular flexibility index (Phi) is 4.85. The molecule has 0 radical (unpaired) electrons. The van der Waals surface area contributed by atoms with Gasteiger partial charge in [0, 0.05) is 4.47 Å². The van der Waals surface area contributed by atoms with Crippen molar-refractivity contribution < 1.29 is 4.79 Å². The van der Waals surface area contributed by atoms with Crippen molar-refractivity contribution in [2.45, 2.75) is 6.92 Å². The van der Waals surface area contributed by atoms with Crippen LogP contribution in [0.5, 0.6) is 0 Å². The molecule has 0 aliphatic carbocycles. The number of rotatable bonds is 3. The van der Waals surface area contributed by atoms with E-state index in [1.54, 1.807) is 49.4 Å². The average Bonchev–Trinajstić information content (AvgIpc) is 2.52. The maximum absolute atomic E-state index is 12.0. The quantitative estimate of drug-likeness (QED) is 0.686. The van der Waals surface area contributed by atoms with Crippen molar-refractivity contribution >= 4 is 27.5 Å². The van der Waals surface area contributed by atoms with E-state index in [-0.39, 0.29) is 5.91 Å². The molecule has 0 atom stereocenters. The normalized spacial score (nSPS) is 10.8. The molecule has 0 unspecified atom stereocenters. The minimum Gasteiger partial charge on any atom is -0.267 e. The highest BCUT2D eigenvalue weighted by molar-refractivity contribution is 9.10. The van der Waals surface area contributed by atoms with Crippen LogP contribution in [-0.2, 0) is 0 Å². The molecule has 2 aromatic carbocycles. The minimum absolute atomic E-state index is 0.282. The van der Waals surface area contributed by atoms with Crippen LogP contribution in [0.15, 0.2) is 58.1 Å². The Labute approximate surface area is 131 Å². The van der Waals surface area contributed by atoms with Gasteiger partial charge in [-0.05, 0) is 52.7 Å². The highest BCUT2D eigenvalue weighted by atomic mass is 79.9. The molecule has 104 valence electrons. The molecule has 0 aromatic heterocycles. The number of hydrogen-bond donors (Lipinski definition) is 1. The van der Waals surface area contributed by atoms with Gasteiger partial charge in [0.2, 0.25) is 0 Å². The number of nitrogens with zero attached hydrogens (tertiary/aromatic N) is 2. The SMILES string of the molecule is CC(=NNC(=O)c1ccccc1Br)c1ccc(C#N)cc1. The summed E-state index contributed by atoms with van der Waals surface area (Å²) in [5, 5.41) is 12.8. The van der Waals surface area contributed by atoms with Crippen LogP contribution in [0.25, 0.3) is 0 Å². The van der Waals surface area contributed by atoms with Crippen LogP contribution in [0.1, 0.15) is 28.4 Å². The van der Waals surface area contributed by atoms with Gasteiger partial charge in [-0.1, -0.05) is 24.3 Å². The topological polar surface area (TPSA) is 65.2 Å². The molecule has 0 spiro atoms. The number of carbonyl (C=O) groups is 1. The predicted molar refractivity (Wildman–Crippen MR) is 85.0 cm³/mol. The fourth-order valence-corrected chi connectivity index (χ4v) is 2.16. The number of amides is 1. The molecule has 0 aliphatic rings. The van der Waals surface area contributed by atoms with Crippen molar-refractivity contribution in [2.75, 3.05) is 0 Å². The molecule has 2 rings (SSSR count). The molecule has 5 heteroatoms. The van der Waals surface area contributed by atoms with Crippen molar-refractivity contribution in [1.82, 2.24) is 5.43 Å². The highest BCUT2D eigenvalue weighted by Crippen LogP contribution is 2.15. The number of nitrogens with one attached hydrogen (secondary N) is 1. The monoisotopic (exact) mass is 341 g/mol. The van der Waals surface area contributed by atoms with Crippen LogP contribution in [0, 0.1) is 11.3 Å². The van der Waals surface area contributed by atoms with Gasteiger partial charge in [0.1, 0.15) is 0 Å². The van der Waals surface area contributed by atoms with Crippen LogP contribution < -0.4 is 5.43 Å². The van der Waals surface area contributed by atoms with Crippen LogP contribution >= 0.6 is 15.9 Å². The number of benzene rings is 2. The molecule has 2 aromatic rings. The fourth-order valence-electron chi connectivity index (χ4n) is 1.69. The Morgan fingerprint density at radius 3 is 2.48 bits per heavy atom. The van der Waals surface area contributed by atoms with Gasteiger partial charge in [-0.15, -0.1) is 0 Å². The first-order chi connectivity index (χ1) is 10.1. The van der Waals surface area contributed by atoms with Crippen LogP contribution in [0.2, 0.25) is 0 Å². The largest absolute Gasteiger partial charge is 0.272 e. The average molecular weight is 342 g/mol. The second-order valence-electron chi connectivity index (χ2n) is 4.31. The number of nitriles is 1. The van der Waals surface area contributed by atoms with Gasteiger partial charge >= 0.3 is 0 Å². The van der Waals surface area contributed by atoms with Crippen LogP contribution in [-0.4, -0.2) is 11.6 Å². The maximum Gasteiger partial charge on any atom is 0.272 e. The van der Waals surface area contributed by atoms with Crippen molar-refractivity contribution in [3.63, 3.8) is 0 Å².